The van der Waals surface area contributed by atoms with Gasteiger partial charge in [-0.05, 0) is 13.8 Å². The second kappa shape index (κ2) is 3.38. The highest BCUT2D eigenvalue weighted by molar-refractivity contribution is 5.68. The van der Waals surface area contributed by atoms with Gasteiger partial charge in [-0.3, -0.25) is 4.68 Å². The van der Waals surface area contributed by atoms with Crippen LogP contribution in [0.1, 0.15) is 18.5 Å². The Bertz CT molecular complexity index is 485. The van der Waals surface area contributed by atoms with E-state index in [1.807, 2.05) is 13.8 Å². The van der Waals surface area contributed by atoms with Crippen molar-refractivity contribution in [1.82, 2.24) is 20.0 Å². The van der Waals surface area contributed by atoms with Gasteiger partial charge in [-0.25, -0.2) is 0 Å². The highest BCUT2D eigenvalue weighted by Gasteiger charge is 2.18. The van der Waals surface area contributed by atoms with E-state index in [0.29, 0.717) is 23.2 Å². The summed E-state index contributed by atoms with van der Waals surface area (Å²) in [6.45, 7) is 6.30. The van der Waals surface area contributed by atoms with E-state index in [9.17, 15) is 0 Å². The van der Waals surface area contributed by atoms with Gasteiger partial charge in [0, 0.05) is 13.5 Å². The Morgan fingerprint density at radius 2 is 2.07 bits per heavy atom. The molecule has 15 heavy (non-hydrogen) atoms. The Morgan fingerprint density at radius 3 is 2.60 bits per heavy atom. The number of anilines is 1. The fraction of sp³-hybridized carbons (Fsp3) is 0.444. The van der Waals surface area contributed by atoms with Gasteiger partial charge in [0.25, 0.3) is 5.89 Å². The molecular weight excluding hydrogens is 194 g/mol. The zero-order valence-electron chi connectivity index (χ0n) is 8.98. The largest absolute Gasteiger partial charge is 0.420 e. The van der Waals surface area contributed by atoms with Crippen molar-refractivity contribution in [3.63, 3.8) is 0 Å². The molecule has 0 aliphatic rings. The van der Waals surface area contributed by atoms with Gasteiger partial charge in [-0.2, -0.15) is 5.10 Å². The smallest absolute Gasteiger partial charge is 0.268 e. The fourth-order valence-electron chi connectivity index (χ4n) is 1.44. The van der Waals surface area contributed by atoms with Gasteiger partial charge >= 0.3 is 0 Å². The molecular formula is C9H13N5O. The lowest BCUT2D eigenvalue weighted by atomic mass is 10.3. The lowest BCUT2D eigenvalue weighted by Gasteiger charge is -1.99. The molecule has 6 nitrogen and oxygen atoms in total. The molecule has 0 radical (unpaired) electrons. The Kier molecular flexibility index (Phi) is 2.18. The average Bonchev–Trinajstić information content (AvgIpc) is 2.73. The van der Waals surface area contributed by atoms with E-state index < -0.39 is 0 Å². The third-order valence-electron chi connectivity index (χ3n) is 2.20. The minimum Gasteiger partial charge on any atom is -0.420 e. The van der Waals surface area contributed by atoms with Crippen molar-refractivity contribution in [3.05, 3.63) is 11.6 Å². The van der Waals surface area contributed by atoms with Crippen molar-refractivity contribution in [2.45, 2.75) is 27.3 Å². The topological polar surface area (TPSA) is 82.8 Å². The lowest BCUT2D eigenvalue weighted by Crippen LogP contribution is -2.00. The summed E-state index contributed by atoms with van der Waals surface area (Å²) in [5, 5.41) is 12.0. The Balaban J connectivity index is 2.60. The van der Waals surface area contributed by atoms with Gasteiger partial charge in [0.1, 0.15) is 5.69 Å². The first kappa shape index (κ1) is 9.70. The van der Waals surface area contributed by atoms with Gasteiger partial charge in [-0.1, -0.05) is 0 Å². The number of aryl methyl sites for hydroxylation is 3. The summed E-state index contributed by atoms with van der Waals surface area (Å²) >= 11 is 0. The highest BCUT2D eigenvalue weighted by atomic mass is 16.4. The minimum absolute atomic E-state index is 0.424. The SMILES string of the molecule is CCn1nc(C)c(N)c1-c1nnc(C)o1. The number of aromatic nitrogens is 4. The number of nitrogens with two attached hydrogens (primary N) is 1. The van der Waals surface area contributed by atoms with E-state index in [2.05, 4.69) is 15.3 Å². The number of rotatable bonds is 2. The van der Waals surface area contributed by atoms with Gasteiger partial charge in [0.15, 0.2) is 0 Å². The molecule has 2 heterocycles. The molecule has 0 fully saturated rings. The molecule has 0 aromatic carbocycles. The van der Waals surface area contributed by atoms with Crippen LogP contribution in [0.4, 0.5) is 5.69 Å². The third-order valence-corrected chi connectivity index (χ3v) is 2.20. The summed E-state index contributed by atoms with van der Waals surface area (Å²) in [6, 6.07) is 0. The predicted molar refractivity (Wildman–Crippen MR) is 55.1 cm³/mol. The molecule has 0 aliphatic heterocycles. The van der Waals surface area contributed by atoms with E-state index >= 15 is 0 Å². The third kappa shape index (κ3) is 1.47. The van der Waals surface area contributed by atoms with Crippen molar-refractivity contribution >= 4 is 5.69 Å². The molecule has 0 atom stereocenters. The van der Waals surface area contributed by atoms with Gasteiger partial charge < -0.3 is 10.2 Å². The molecule has 6 heteroatoms. The van der Waals surface area contributed by atoms with Crippen LogP contribution in [0.15, 0.2) is 4.42 Å². The van der Waals surface area contributed by atoms with E-state index in [-0.39, 0.29) is 0 Å². The van der Waals surface area contributed by atoms with E-state index in [0.717, 1.165) is 12.2 Å². The van der Waals surface area contributed by atoms with E-state index in [1.54, 1.807) is 11.6 Å². The number of hydrogen-bond donors (Lipinski definition) is 1. The molecule has 0 bridgehead atoms. The minimum atomic E-state index is 0.424. The maximum Gasteiger partial charge on any atom is 0.268 e. The molecule has 0 spiro atoms. The van der Waals surface area contributed by atoms with Crippen LogP contribution in [0.2, 0.25) is 0 Å². The molecule has 2 rings (SSSR count). The lowest BCUT2D eigenvalue weighted by molar-refractivity contribution is 0.522. The standard InChI is InChI=1S/C9H13N5O/c1-4-14-8(7(10)5(2)13-14)9-12-11-6(3)15-9/h4,10H2,1-3H3. The molecule has 80 valence electrons. The molecule has 0 aliphatic carbocycles. The van der Waals surface area contributed by atoms with Crippen molar-refractivity contribution in [1.29, 1.82) is 0 Å². The maximum atomic E-state index is 5.91. The van der Waals surface area contributed by atoms with Crippen molar-refractivity contribution < 1.29 is 4.42 Å². The summed E-state index contributed by atoms with van der Waals surface area (Å²) in [5.41, 5.74) is 7.99. The zero-order valence-corrected chi connectivity index (χ0v) is 8.98. The quantitative estimate of drug-likeness (QED) is 0.798. The van der Waals surface area contributed by atoms with Crippen LogP contribution < -0.4 is 5.73 Å². The molecule has 0 unspecified atom stereocenters. The number of nitrogens with zero attached hydrogens (tertiary/aromatic N) is 4. The fourth-order valence-corrected chi connectivity index (χ4v) is 1.44. The van der Waals surface area contributed by atoms with Crippen LogP contribution in [0, 0.1) is 13.8 Å². The molecule has 2 aromatic heterocycles. The predicted octanol–water partition coefficient (Wildman–Crippen LogP) is 1.15. The van der Waals surface area contributed by atoms with Crippen molar-refractivity contribution in [2.75, 3.05) is 5.73 Å². The second-order valence-electron chi connectivity index (χ2n) is 3.29. The maximum absolute atomic E-state index is 5.91. The first-order valence-corrected chi connectivity index (χ1v) is 4.76. The van der Waals surface area contributed by atoms with Crippen LogP contribution in [-0.4, -0.2) is 20.0 Å². The summed E-state index contributed by atoms with van der Waals surface area (Å²) < 4.78 is 7.10. The second-order valence-corrected chi connectivity index (χ2v) is 3.29. The van der Waals surface area contributed by atoms with Crippen LogP contribution >= 0.6 is 0 Å². The molecule has 0 saturated heterocycles. The van der Waals surface area contributed by atoms with Crippen LogP contribution in [-0.2, 0) is 6.54 Å². The number of hydrogen-bond acceptors (Lipinski definition) is 5. The normalized spacial score (nSPS) is 10.9. The highest BCUT2D eigenvalue weighted by Crippen LogP contribution is 2.27. The Labute approximate surface area is 87.1 Å². The first-order valence-electron chi connectivity index (χ1n) is 4.76. The van der Waals surface area contributed by atoms with E-state index in [4.69, 9.17) is 10.2 Å². The Hall–Kier alpha value is -1.85. The first-order chi connectivity index (χ1) is 7.13. The Morgan fingerprint density at radius 1 is 1.33 bits per heavy atom. The molecule has 2 aromatic rings. The molecule has 0 saturated carbocycles. The summed E-state index contributed by atoms with van der Waals surface area (Å²) in [5.74, 6) is 0.943. The van der Waals surface area contributed by atoms with Crippen molar-refractivity contribution in [3.8, 4) is 11.6 Å². The monoisotopic (exact) mass is 207 g/mol. The van der Waals surface area contributed by atoms with Crippen LogP contribution in [0.25, 0.3) is 11.6 Å². The van der Waals surface area contributed by atoms with E-state index in [1.165, 1.54) is 0 Å². The molecule has 2 N–H and O–H groups in total. The molecule has 0 amide bonds. The zero-order chi connectivity index (χ0) is 11.0. The number of nitrogen functional groups attached to an aromatic ring is 1. The average molecular weight is 207 g/mol. The van der Waals surface area contributed by atoms with Crippen molar-refractivity contribution in [2.24, 2.45) is 0 Å². The summed E-state index contributed by atoms with van der Waals surface area (Å²) in [4.78, 5) is 0. The summed E-state index contributed by atoms with van der Waals surface area (Å²) in [6.07, 6.45) is 0. The van der Waals surface area contributed by atoms with Gasteiger partial charge in [0.2, 0.25) is 5.89 Å². The van der Waals surface area contributed by atoms with Gasteiger partial charge in [-0.15, -0.1) is 10.2 Å². The van der Waals surface area contributed by atoms with Gasteiger partial charge in [0.05, 0.1) is 11.4 Å². The van der Waals surface area contributed by atoms with Crippen LogP contribution in [0.5, 0.6) is 0 Å². The summed E-state index contributed by atoms with van der Waals surface area (Å²) in [7, 11) is 0. The van der Waals surface area contributed by atoms with Crippen LogP contribution in [0.3, 0.4) is 0 Å².